The first kappa shape index (κ1) is 20.7. The second-order valence-corrected chi connectivity index (χ2v) is 8.98. The Hall–Kier alpha value is -3.57. The van der Waals surface area contributed by atoms with Crippen LogP contribution in [0.4, 0.5) is 5.69 Å². The highest BCUT2D eigenvalue weighted by Gasteiger charge is 2.14. The molecule has 5 heteroatoms. The number of hydrogen-bond acceptors (Lipinski definition) is 3. The highest BCUT2D eigenvalue weighted by Crippen LogP contribution is 2.26. The number of aryl methyl sites for hydroxylation is 1. The van der Waals surface area contributed by atoms with Crippen LogP contribution in [0.2, 0.25) is 0 Å². The summed E-state index contributed by atoms with van der Waals surface area (Å²) in [5.41, 5.74) is 4.53. The summed E-state index contributed by atoms with van der Waals surface area (Å²) in [6.45, 7) is 2.43. The molecule has 31 heavy (non-hydrogen) atoms. The topological polar surface area (TPSA) is 55.4 Å². The Morgan fingerprint density at radius 1 is 0.742 bits per heavy atom. The van der Waals surface area contributed by atoms with Crippen LogP contribution in [0.1, 0.15) is 11.1 Å². The van der Waals surface area contributed by atoms with Gasteiger partial charge < -0.3 is 4.74 Å². The first-order chi connectivity index (χ1) is 15.0. The molecule has 0 fully saturated rings. The lowest BCUT2D eigenvalue weighted by molar-refractivity contribution is 0.306. The van der Waals surface area contributed by atoms with Crippen molar-refractivity contribution in [3.05, 3.63) is 114 Å². The zero-order valence-corrected chi connectivity index (χ0v) is 18.0. The highest BCUT2D eigenvalue weighted by molar-refractivity contribution is 7.92. The van der Waals surface area contributed by atoms with E-state index in [1.165, 1.54) is 0 Å². The van der Waals surface area contributed by atoms with Gasteiger partial charge in [-0.3, -0.25) is 4.72 Å². The molecule has 0 radical (unpaired) electrons. The number of rotatable bonds is 7. The Morgan fingerprint density at radius 3 is 2.16 bits per heavy atom. The van der Waals surface area contributed by atoms with Gasteiger partial charge in [0, 0.05) is 5.69 Å². The third-order valence-corrected chi connectivity index (χ3v) is 6.28. The second kappa shape index (κ2) is 9.06. The molecule has 0 aliphatic heterocycles. The molecule has 0 atom stereocenters. The zero-order chi connectivity index (χ0) is 21.7. The number of sulfonamides is 1. The summed E-state index contributed by atoms with van der Waals surface area (Å²) in [5, 5.41) is 0. The summed E-state index contributed by atoms with van der Waals surface area (Å²) in [6, 6.07) is 31.9. The van der Waals surface area contributed by atoms with Gasteiger partial charge in [0.2, 0.25) is 0 Å². The predicted molar refractivity (Wildman–Crippen MR) is 125 cm³/mol. The van der Waals surface area contributed by atoms with Crippen molar-refractivity contribution in [2.45, 2.75) is 18.4 Å². The molecule has 0 aromatic heterocycles. The SMILES string of the molecule is Cc1ccc(S(=O)(=O)Nc2cccc(-c3ccc(OCc4ccccc4)cc3)c2)cc1. The minimum Gasteiger partial charge on any atom is -0.489 e. The van der Waals surface area contributed by atoms with Gasteiger partial charge in [0.15, 0.2) is 0 Å². The Bertz CT molecular complexity index is 1250. The Labute approximate surface area is 183 Å². The molecule has 0 bridgehead atoms. The maximum atomic E-state index is 12.7. The van der Waals surface area contributed by atoms with Gasteiger partial charge in [-0.1, -0.05) is 72.3 Å². The third-order valence-electron chi connectivity index (χ3n) is 4.88. The minimum absolute atomic E-state index is 0.239. The van der Waals surface area contributed by atoms with E-state index in [4.69, 9.17) is 4.74 Å². The van der Waals surface area contributed by atoms with Gasteiger partial charge in [0.1, 0.15) is 12.4 Å². The molecule has 1 N–H and O–H groups in total. The Kier molecular flexibility index (Phi) is 6.05. The van der Waals surface area contributed by atoms with E-state index >= 15 is 0 Å². The molecule has 4 aromatic rings. The molecule has 4 nitrogen and oxygen atoms in total. The number of nitrogens with one attached hydrogen (secondary N) is 1. The largest absolute Gasteiger partial charge is 0.489 e. The van der Waals surface area contributed by atoms with Gasteiger partial charge in [-0.05, 0) is 60.0 Å². The fraction of sp³-hybridized carbons (Fsp3) is 0.0769. The number of benzene rings is 4. The van der Waals surface area contributed by atoms with Crippen molar-refractivity contribution in [1.29, 1.82) is 0 Å². The fourth-order valence-corrected chi connectivity index (χ4v) is 4.23. The van der Waals surface area contributed by atoms with E-state index < -0.39 is 10.0 Å². The van der Waals surface area contributed by atoms with Crippen LogP contribution in [-0.2, 0) is 16.6 Å². The van der Waals surface area contributed by atoms with E-state index in [2.05, 4.69) is 4.72 Å². The van der Waals surface area contributed by atoms with Gasteiger partial charge in [0.25, 0.3) is 10.0 Å². The van der Waals surface area contributed by atoms with E-state index in [1.807, 2.05) is 79.7 Å². The standard InChI is InChI=1S/C26H23NO3S/c1-20-10-16-26(17-11-20)31(28,29)27-24-9-5-8-23(18-24)22-12-14-25(15-13-22)30-19-21-6-3-2-4-7-21/h2-18,27H,19H2,1H3. The average molecular weight is 430 g/mol. The number of anilines is 1. The molecule has 0 heterocycles. The lowest BCUT2D eigenvalue weighted by Crippen LogP contribution is -2.12. The van der Waals surface area contributed by atoms with Crippen LogP contribution in [0, 0.1) is 6.92 Å². The average Bonchev–Trinajstić information content (AvgIpc) is 2.79. The van der Waals surface area contributed by atoms with Crippen LogP contribution in [0.15, 0.2) is 108 Å². The maximum Gasteiger partial charge on any atom is 0.261 e. The van der Waals surface area contributed by atoms with Crippen LogP contribution < -0.4 is 9.46 Å². The molecule has 4 aromatic carbocycles. The van der Waals surface area contributed by atoms with Crippen molar-refractivity contribution in [2.75, 3.05) is 4.72 Å². The predicted octanol–water partition coefficient (Wildman–Crippen LogP) is 6.04. The summed E-state index contributed by atoms with van der Waals surface area (Å²) in [4.78, 5) is 0.239. The van der Waals surface area contributed by atoms with E-state index in [0.29, 0.717) is 12.3 Å². The quantitative estimate of drug-likeness (QED) is 0.390. The molecule has 156 valence electrons. The van der Waals surface area contributed by atoms with Crippen LogP contribution in [0.5, 0.6) is 5.75 Å². The third kappa shape index (κ3) is 5.32. The van der Waals surface area contributed by atoms with Crippen molar-refractivity contribution >= 4 is 15.7 Å². The van der Waals surface area contributed by atoms with Crippen molar-refractivity contribution in [2.24, 2.45) is 0 Å². The molecule has 4 rings (SSSR count). The van der Waals surface area contributed by atoms with Crippen LogP contribution >= 0.6 is 0 Å². The molecule has 0 aliphatic carbocycles. The van der Waals surface area contributed by atoms with E-state index in [0.717, 1.165) is 28.0 Å². The van der Waals surface area contributed by atoms with Crippen LogP contribution in [-0.4, -0.2) is 8.42 Å². The lowest BCUT2D eigenvalue weighted by atomic mass is 10.1. The van der Waals surface area contributed by atoms with E-state index in [1.54, 1.807) is 30.3 Å². The van der Waals surface area contributed by atoms with Crippen molar-refractivity contribution < 1.29 is 13.2 Å². The highest BCUT2D eigenvalue weighted by atomic mass is 32.2. The number of ether oxygens (including phenoxy) is 1. The Balaban J connectivity index is 1.47. The normalized spacial score (nSPS) is 11.1. The summed E-state index contributed by atoms with van der Waals surface area (Å²) in [7, 11) is -3.64. The first-order valence-corrected chi connectivity index (χ1v) is 11.4. The molecule has 0 unspecified atom stereocenters. The molecule has 0 spiro atoms. The molecule has 0 aliphatic rings. The lowest BCUT2D eigenvalue weighted by Gasteiger charge is -2.11. The first-order valence-electron chi connectivity index (χ1n) is 9.96. The van der Waals surface area contributed by atoms with E-state index in [-0.39, 0.29) is 4.90 Å². The smallest absolute Gasteiger partial charge is 0.261 e. The van der Waals surface area contributed by atoms with Crippen LogP contribution in [0.3, 0.4) is 0 Å². The minimum atomic E-state index is -3.64. The summed E-state index contributed by atoms with van der Waals surface area (Å²) >= 11 is 0. The Morgan fingerprint density at radius 2 is 1.45 bits per heavy atom. The van der Waals surface area contributed by atoms with Gasteiger partial charge in [-0.25, -0.2) is 8.42 Å². The van der Waals surface area contributed by atoms with Gasteiger partial charge in [-0.15, -0.1) is 0 Å². The van der Waals surface area contributed by atoms with Gasteiger partial charge in [0.05, 0.1) is 4.90 Å². The molecular formula is C26H23NO3S. The van der Waals surface area contributed by atoms with Crippen molar-refractivity contribution in [3.63, 3.8) is 0 Å². The molecule has 0 saturated heterocycles. The summed E-state index contributed by atoms with van der Waals surface area (Å²) in [6.07, 6.45) is 0. The maximum absolute atomic E-state index is 12.7. The van der Waals surface area contributed by atoms with E-state index in [9.17, 15) is 8.42 Å². The van der Waals surface area contributed by atoms with Crippen molar-refractivity contribution in [3.8, 4) is 16.9 Å². The van der Waals surface area contributed by atoms with Crippen molar-refractivity contribution in [1.82, 2.24) is 0 Å². The molecular weight excluding hydrogens is 406 g/mol. The summed E-state index contributed by atoms with van der Waals surface area (Å²) < 4.78 is 33.8. The van der Waals surface area contributed by atoms with Gasteiger partial charge >= 0.3 is 0 Å². The van der Waals surface area contributed by atoms with Crippen LogP contribution in [0.25, 0.3) is 11.1 Å². The molecule has 0 amide bonds. The van der Waals surface area contributed by atoms with Gasteiger partial charge in [-0.2, -0.15) is 0 Å². The second-order valence-electron chi connectivity index (χ2n) is 7.30. The summed E-state index contributed by atoms with van der Waals surface area (Å²) in [5.74, 6) is 0.781. The monoisotopic (exact) mass is 429 g/mol. The number of hydrogen-bond donors (Lipinski definition) is 1. The fourth-order valence-electron chi connectivity index (χ4n) is 3.18. The molecule has 0 saturated carbocycles. The zero-order valence-electron chi connectivity index (χ0n) is 17.2.